The van der Waals surface area contributed by atoms with E-state index in [1.54, 1.807) is 7.11 Å². The molecule has 0 spiro atoms. The smallest absolute Gasteiger partial charge is 0.0785 e. The van der Waals surface area contributed by atoms with E-state index in [9.17, 15) is 0 Å². The van der Waals surface area contributed by atoms with Gasteiger partial charge in [0.05, 0.1) is 24.9 Å². The van der Waals surface area contributed by atoms with E-state index in [1.165, 1.54) is 11.1 Å². The second kappa shape index (κ2) is 7.77. The van der Waals surface area contributed by atoms with Gasteiger partial charge in [0.1, 0.15) is 0 Å². The monoisotopic (exact) mass is 277 g/mol. The van der Waals surface area contributed by atoms with Crippen molar-refractivity contribution in [1.29, 1.82) is 0 Å². The van der Waals surface area contributed by atoms with Gasteiger partial charge in [-0.3, -0.25) is 0 Å². The summed E-state index contributed by atoms with van der Waals surface area (Å²) in [7, 11) is 1.73. The number of ether oxygens (including phenoxy) is 2. The van der Waals surface area contributed by atoms with Crippen LogP contribution in [0.4, 0.5) is 0 Å². The molecular formula is C17H27NO2. The van der Waals surface area contributed by atoms with E-state index in [2.05, 4.69) is 43.4 Å². The molecule has 1 aliphatic carbocycles. The normalized spacial score (nSPS) is 23.4. The third-order valence-electron chi connectivity index (χ3n) is 3.88. The minimum atomic E-state index is 0.140. The first-order valence-corrected chi connectivity index (χ1v) is 7.71. The highest BCUT2D eigenvalue weighted by Gasteiger charge is 2.30. The van der Waals surface area contributed by atoms with Crippen LogP contribution in [0, 0.1) is 0 Å². The van der Waals surface area contributed by atoms with Crippen molar-refractivity contribution in [3.8, 4) is 0 Å². The largest absolute Gasteiger partial charge is 0.382 e. The fourth-order valence-electron chi connectivity index (χ4n) is 2.99. The lowest BCUT2D eigenvalue weighted by Crippen LogP contribution is -2.40. The molecule has 1 aliphatic rings. The van der Waals surface area contributed by atoms with Crippen LogP contribution in [0.25, 0.3) is 0 Å². The first kappa shape index (κ1) is 15.5. The molecule has 3 heteroatoms. The summed E-state index contributed by atoms with van der Waals surface area (Å²) < 4.78 is 11.4. The Bertz CT molecular complexity index is 408. The van der Waals surface area contributed by atoms with Gasteiger partial charge in [-0.05, 0) is 43.9 Å². The summed E-state index contributed by atoms with van der Waals surface area (Å²) in [5.41, 5.74) is 2.86. The zero-order valence-electron chi connectivity index (χ0n) is 12.9. The van der Waals surface area contributed by atoms with Crippen LogP contribution in [0.15, 0.2) is 24.3 Å². The van der Waals surface area contributed by atoms with E-state index >= 15 is 0 Å². The van der Waals surface area contributed by atoms with Crippen molar-refractivity contribution < 1.29 is 9.47 Å². The fourth-order valence-corrected chi connectivity index (χ4v) is 2.99. The Morgan fingerprint density at radius 2 is 2.15 bits per heavy atom. The molecule has 20 heavy (non-hydrogen) atoms. The summed E-state index contributed by atoms with van der Waals surface area (Å²) in [5, 5.41) is 3.66. The van der Waals surface area contributed by atoms with Crippen molar-refractivity contribution in [2.45, 2.75) is 51.4 Å². The Morgan fingerprint density at radius 1 is 1.35 bits per heavy atom. The van der Waals surface area contributed by atoms with E-state index in [-0.39, 0.29) is 12.2 Å². The van der Waals surface area contributed by atoms with E-state index in [4.69, 9.17) is 9.47 Å². The molecule has 0 fully saturated rings. The number of methoxy groups -OCH3 is 1. The number of fused-ring (bicyclic) bond motifs is 1. The summed E-state index contributed by atoms with van der Waals surface area (Å²) in [6, 6.07) is 9.04. The van der Waals surface area contributed by atoms with E-state index in [1.807, 2.05) is 0 Å². The maximum atomic E-state index is 6.21. The second-order valence-corrected chi connectivity index (χ2v) is 5.61. The maximum Gasteiger partial charge on any atom is 0.0785 e. The lowest BCUT2D eigenvalue weighted by atomic mass is 9.85. The number of nitrogens with one attached hydrogen (secondary N) is 1. The first-order chi connectivity index (χ1) is 9.76. The van der Waals surface area contributed by atoms with Crippen LogP contribution in [-0.2, 0) is 15.9 Å². The Kier molecular flexibility index (Phi) is 6.02. The lowest BCUT2D eigenvalue weighted by molar-refractivity contribution is -0.0597. The standard InChI is InChI=1S/C17H27NO2/c1-4-11-18-17-15-8-6-5-7-14(15)9-10-16(17)20-13(2)12-19-3/h5-8,13,16-18H,4,9-12H2,1-3H3. The van der Waals surface area contributed by atoms with E-state index in [0.29, 0.717) is 12.6 Å². The van der Waals surface area contributed by atoms with Crippen LogP contribution in [0.1, 0.15) is 43.9 Å². The van der Waals surface area contributed by atoms with Crippen molar-refractivity contribution in [2.24, 2.45) is 0 Å². The van der Waals surface area contributed by atoms with Gasteiger partial charge in [0.2, 0.25) is 0 Å². The molecule has 3 unspecified atom stereocenters. The maximum absolute atomic E-state index is 6.21. The third-order valence-corrected chi connectivity index (χ3v) is 3.88. The zero-order chi connectivity index (χ0) is 14.4. The highest BCUT2D eigenvalue weighted by atomic mass is 16.5. The fraction of sp³-hybridized carbons (Fsp3) is 0.647. The van der Waals surface area contributed by atoms with Crippen molar-refractivity contribution >= 4 is 0 Å². The molecule has 0 aliphatic heterocycles. The summed E-state index contributed by atoms with van der Waals surface area (Å²) in [6.45, 7) is 5.96. The van der Waals surface area contributed by atoms with Crippen LogP contribution in [-0.4, -0.2) is 32.5 Å². The second-order valence-electron chi connectivity index (χ2n) is 5.61. The molecule has 0 radical (unpaired) electrons. The van der Waals surface area contributed by atoms with Crippen LogP contribution in [0.2, 0.25) is 0 Å². The summed E-state index contributed by atoms with van der Waals surface area (Å²) in [5.74, 6) is 0. The number of rotatable bonds is 7. The Labute approximate surface area is 122 Å². The average Bonchev–Trinajstić information content (AvgIpc) is 2.46. The third kappa shape index (κ3) is 3.81. The SMILES string of the molecule is CCCNC1c2ccccc2CCC1OC(C)COC. The Morgan fingerprint density at radius 3 is 2.90 bits per heavy atom. The summed E-state index contributed by atoms with van der Waals surface area (Å²) in [6.07, 6.45) is 3.69. The van der Waals surface area contributed by atoms with Crippen LogP contribution >= 0.6 is 0 Å². The minimum Gasteiger partial charge on any atom is -0.382 e. The predicted octanol–water partition coefficient (Wildman–Crippen LogP) is 3.09. The number of benzene rings is 1. The Hall–Kier alpha value is -0.900. The average molecular weight is 277 g/mol. The molecule has 3 nitrogen and oxygen atoms in total. The molecule has 0 bridgehead atoms. The highest BCUT2D eigenvalue weighted by Crippen LogP contribution is 2.32. The molecule has 1 aromatic rings. The lowest BCUT2D eigenvalue weighted by Gasteiger charge is -2.35. The van der Waals surface area contributed by atoms with Gasteiger partial charge in [0.15, 0.2) is 0 Å². The zero-order valence-corrected chi connectivity index (χ0v) is 12.9. The molecule has 0 saturated carbocycles. The minimum absolute atomic E-state index is 0.140. The number of aryl methyl sites for hydroxylation is 1. The van der Waals surface area contributed by atoms with Crippen molar-refractivity contribution in [2.75, 3.05) is 20.3 Å². The molecule has 0 aromatic heterocycles. The van der Waals surface area contributed by atoms with Gasteiger partial charge < -0.3 is 14.8 Å². The number of hydrogen-bond donors (Lipinski definition) is 1. The van der Waals surface area contributed by atoms with Gasteiger partial charge in [0.25, 0.3) is 0 Å². The van der Waals surface area contributed by atoms with Crippen molar-refractivity contribution in [3.05, 3.63) is 35.4 Å². The van der Waals surface area contributed by atoms with E-state index in [0.717, 1.165) is 25.8 Å². The molecule has 1 aromatic carbocycles. The van der Waals surface area contributed by atoms with Gasteiger partial charge in [-0.15, -0.1) is 0 Å². The van der Waals surface area contributed by atoms with Gasteiger partial charge in [0, 0.05) is 7.11 Å². The molecule has 3 atom stereocenters. The molecule has 0 amide bonds. The molecular weight excluding hydrogens is 250 g/mol. The van der Waals surface area contributed by atoms with Gasteiger partial charge in [-0.25, -0.2) is 0 Å². The van der Waals surface area contributed by atoms with Crippen LogP contribution < -0.4 is 5.32 Å². The molecule has 2 rings (SSSR count). The quantitative estimate of drug-likeness (QED) is 0.831. The predicted molar refractivity (Wildman–Crippen MR) is 82.0 cm³/mol. The molecule has 0 saturated heterocycles. The topological polar surface area (TPSA) is 30.5 Å². The summed E-state index contributed by atoms with van der Waals surface area (Å²) in [4.78, 5) is 0. The Balaban J connectivity index is 2.11. The van der Waals surface area contributed by atoms with Gasteiger partial charge in [-0.1, -0.05) is 31.2 Å². The van der Waals surface area contributed by atoms with Gasteiger partial charge in [-0.2, -0.15) is 0 Å². The first-order valence-electron chi connectivity index (χ1n) is 7.71. The van der Waals surface area contributed by atoms with Crippen LogP contribution in [0.3, 0.4) is 0 Å². The number of hydrogen-bond acceptors (Lipinski definition) is 3. The molecule has 0 heterocycles. The van der Waals surface area contributed by atoms with Crippen molar-refractivity contribution in [1.82, 2.24) is 5.32 Å². The van der Waals surface area contributed by atoms with Gasteiger partial charge >= 0.3 is 0 Å². The highest BCUT2D eigenvalue weighted by molar-refractivity contribution is 5.33. The molecule has 1 N–H and O–H groups in total. The molecule has 112 valence electrons. The van der Waals surface area contributed by atoms with Crippen LogP contribution in [0.5, 0.6) is 0 Å². The van der Waals surface area contributed by atoms with E-state index < -0.39 is 0 Å². The summed E-state index contributed by atoms with van der Waals surface area (Å²) >= 11 is 0. The van der Waals surface area contributed by atoms with Crippen molar-refractivity contribution in [3.63, 3.8) is 0 Å².